The Morgan fingerprint density at radius 2 is 2.13 bits per heavy atom. The molecular weight excluding hydrogens is 192 g/mol. The van der Waals surface area contributed by atoms with E-state index < -0.39 is 0 Å². The molecule has 0 saturated carbocycles. The molecule has 1 saturated heterocycles. The van der Waals surface area contributed by atoms with E-state index in [2.05, 4.69) is 18.9 Å². The fourth-order valence-corrected chi connectivity index (χ4v) is 1.82. The van der Waals surface area contributed by atoms with Gasteiger partial charge in [0.25, 0.3) is 0 Å². The summed E-state index contributed by atoms with van der Waals surface area (Å²) in [5.41, 5.74) is 0. The standard InChI is InChI=1S/C11H22N2O2/c1-10-9-13(7-6-12(10)2)11(15)5-3-4-8-14/h10,14H,3-9H2,1-2H3. The summed E-state index contributed by atoms with van der Waals surface area (Å²) in [4.78, 5) is 16.0. The molecule has 0 radical (unpaired) electrons. The molecule has 1 amide bonds. The third-order valence-corrected chi connectivity index (χ3v) is 3.11. The van der Waals surface area contributed by atoms with Gasteiger partial charge in [-0.15, -0.1) is 0 Å². The maximum absolute atomic E-state index is 11.8. The van der Waals surface area contributed by atoms with E-state index in [1.54, 1.807) is 0 Å². The maximum atomic E-state index is 11.8. The van der Waals surface area contributed by atoms with Crippen LogP contribution in [0.2, 0.25) is 0 Å². The van der Waals surface area contributed by atoms with Crippen molar-refractivity contribution < 1.29 is 9.90 Å². The summed E-state index contributed by atoms with van der Waals surface area (Å²) in [5.74, 6) is 0.239. The zero-order valence-corrected chi connectivity index (χ0v) is 9.78. The lowest BCUT2D eigenvalue weighted by molar-refractivity contribution is -0.133. The first kappa shape index (κ1) is 12.5. The lowest BCUT2D eigenvalue weighted by Gasteiger charge is -2.37. The number of carbonyl (C=O) groups excluding carboxylic acids is 1. The first-order valence-corrected chi connectivity index (χ1v) is 5.74. The molecule has 0 aromatic rings. The van der Waals surface area contributed by atoms with Crippen LogP contribution in [0.3, 0.4) is 0 Å². The number of carbonyl (C=O) groups is 1. The molecule has 1 fully saturated rings. The van der Waals surface area contributed by atoms with Crippen molar-refractivity contribution in [3.63, 3.8) is 0 Å². The van der Waals surface area contributed by atoms with Crippen molar-refractivity contribution in [3.05, 3.63) is 0 Å². The number of aliphatic hydroxyl groups excluding tert-OH is 1. The fourth-order valence-electron chi connectivity index (χ4n) is 1.82. The molecule has 1 N–H and O–H groups in total. The lowest BCUT2D eigenvalue weighted by Crippen LogP contribution is -2.51. The van der Waals surface area contributed by atoms with E-state index in [0.29, 0.717) is 12.5 Å². The topological polar surface area (TPSA) is 43.8 Å². The van der Waals surface area contributed by atoms with Gasteiger partial charge in [-0.05, 0) is 26.8 Å². The minimum absolute atomic E-state index is 0.187. The van der Waals surface area contributed by atoms with Crippen LogP contribution < -0.4 is 0 Å². The van der Waals surface area contributed by atoms with Crippen LogP contribution in [0.15, 0.2) is 0 Å². The van der Waals surface area contributed by atoms with Gasteiger partial charge in [-0.2, -0.15) is 0 Å². The van der Waals surface area contributed by atoms with Gasteiger partial charge < -0.3 is 14.9 Å². The number of likely N-dealkylation sites (N-methyl/N-ethyl adjacent to an activating group) is 1. The van der Waals surface area contributed by atoms with Crippen molar-refractivity contribution >= 4 is 5.91 Å². The zero-order valence-electron chi connectivity index (χ0n) is 9.78. The second-order valence-electron chi connectivity index (χ2n) is 4.35. The number of amides is 1. The number of nitrogens with zero attached hydrogens (tertiary/aromatic N) is 2. The Balaban J connectivity index is 2.28. The molecule has 0 aromatic heterocycles. The number of rotatable bonds is 4. The number of hydrogen-bond acceptors (Lipinski definition) is 3. The van der Waals surface area contributed by atoms with Gasteiger partial charge in [-0.1, -0.05) is 0 Å². The third-order valence-electron chi connectivity index (χ3n) is 3.11. The highest BCUT2D eigenvalue weighted by Gasteiger charge is 2.23. The van der Waals surface area contributed by atoms with Crippen LogP contribution >= 0.6 is 0 Å². The SMILES string of the molecule is CC1CN(C(=O)CCCCO)CCN1C. The molecule has 1 aliphatic heterocycles. The minimum atomic E-state index is 0.187. The van der Waals surface area contributed by atoms with Crippen LogP contribution in [0.1, 0.15) is 26.2 Å². The van der Waals surface area contributed by atoms with Crippen molar-refractivity contribution in [3.8, 4) is 0 Å². The number of unbranched alkanes of at least 4 members (excludes halogenated alkanes) is 1. The van der Waals surface area contributed by atoms with Crippen molar-refractivity contribution in [1.82, 2.24) is 9.80 Å². The molecule has 1 rings (SSSR count). The van der Waals surface area contributed by atoms with Gasteiger partial charge >= 0.3 is 0 Å². The monoisotopic (exact) mass is 214 g/mol. The molecule has 0 bridgehead atoms. The van der Waals surface area contributed by atoms with Crippen LogP contribution in [-0.2, 0) is 4.79 Å². The smallest absolute Gasteiger partial charge is 0.222 e. The van der Waals surface area contributed by atoms with Gasteiger partial charge in [0.1, 0.15) is 0 Å². The first-order valence-electron chi connectivity index (χ1n) is 5.74. The number of hydrogen-bond donors (Lipinski definition) is 1. The highest BCUT2D eigenvalue weighted by molar-refractivity contribution is 5.76. The van der Waals surface area contributed by atoms with E-state index in [-0.39, 0.29) is 12.5 Å². The van der Waals surface area contributed by atoms with Crippen LogP contribution in [0.25, 0.3) is 0 Å². The highest BCUT2D eigenvalue weighted by atomic mass is 16.3. The Labute approximate surface area is 91.9 Å². The van der Waals surface area contributed by atoms with E-state index in [0.717, 1.165) is 32.5 Å². The second-order valence-corrected chi connectivity index (χ2v) is 4.35. The average Bonchev–Trinajstić information content (AvgIpc) is 2.22. The molecule has 1 unspecified atom stereocenters. The molecular formula is C11H22N2O2. The summed E-state index contributed by atoms with van der Waals surface area (Å²) in [6, 6.07) is 0.459. The molecule has 15 heavy (non-hydrogen) atoms. The van der Waals surface area contributed by atoms with Gasteiger partial charge in [-0.25, -0.2) is 0 Å². The van der Waals surface area contributed by atoms with Gasteiger partial charge in [0.2, 0.25) is 5.91 Å². The number of aliphatic hydroxyl groups is 1. The molecule has 88 valence electrons. The molecule has 4 heteroatoms. The van der Waals surface area contributed by atoms with Crippen LogP contribution in [0.4, 0.5) is 0 Å². The summed E-state index contributed by atoms with van der Waals surface area (Å²) >= 11 is 0. The van der Waals surface area contributed by atoms with Gasteiger partial charge in [0.05, 0.1) is 0 Å². The second kappa shape index (κ2) is 6.08. The molecule has 1 aliphatic rings. The zero-order chi connectivity index (χ0) is 11.3. The van der Waals surface area contributed by atoms with Crippen LogP contribution in [0, 0.1) is 0 Å². The number of piperazine rings is 1. The maximum Gasteiger partial charge on any atom is 0.222 e. The quantitative estimate of drug-likeness (QED) is 0.685. The third kappa shape index (κ3) is 3.80. The van der Waals surface area contributed by atoms with Crippen LogP contribution in [0.5, 0.6) is 0 Å². The van der Waals surface area contributed by atoms with Crippen molar-refractivity contribution in [2.45, 2.75) is 32.2 Å². The van der Waals surface area contributed by atoms with E-state index in [4.69, 9.17) is 5.11 Å². The van der Waals surface area contributed by atoms with Gasteiger partial charge in [0, 0.05) is 38.7 Å². The predicted molar refractivity (Wildman–Crippen MR) is 59.6 cm³/mol. The summed E-state index contributed by atoms with van der Waals surface area (Å²) in [6.45, 7) is 4.99. The highest BCUT2D eigenvalue weighted by Crippen LogP contribution is 2.09. The molecule has 0 aromatic carbocycles. The van der Waals surface area contributed by atoms with Crippen molar-refractivity contribution in [1.29, 1.82) is 0 Å². The Hall–Kier alpha value is -0.610. The Bertz CT molecular complexity index is 209. The normalized spacial score (nSPS) is 23.1. The fraction of sp³-hybridized carbons (Fsp3) is 0.909. The first-order chi connectivity index (χ1) is 7.15. The summed E-state index contributed by atoms with van der Waals surface area (Å²) in [7, 11) is 2.10. The van der Waals surface area contributed by atoms with E-state index in [1.807, 2.05) is 4.90 Å². The summed E-state index contributed by atoms with van der Waals surface area (Å²) < 4.78 is 0. The molecule has 4 nitrogen and oxygen atoms in total. The van der Waals surface area contributed by atoms with Gasteiger partial charge in [-0.3, -0.25) is 4.79 Å². The minimum Gasteiger partial charge on any atom is -0.396 e. The molecule has 0 spiro atoms. The van der Waals surface area contributed by atoms with E-state index >= 15 is 0 Å². The Morgan fingerprint density at radius 1 is 1.40 bits per heavy atom. The van der Waals surface area contributed by atoms with Crippen LogP contribution in [-0.4, -0.2) is 60.1 Å². The van der Waals surface area contributed by atoms with Crippen molar-refractivity contribution in [2.24, 2.45) is 0 Å². The lowest BCUT2D eigenvalue weighted by atomic mass is 10.1. The largest absolute Gasteiger partial charge is 0.396 e. The molecule has 0 aliphatic carbocycles. The van der Waals surface area contributed by atoms with Gasteiger partial charge in [0.15, 0.2) is 0 Å². The van der Waals surface area contributed by atoms with E-state index in [9.17, 15) is 4.79 Å². The molecule has 1 heterocycles. The summed E-state index contributed by atoms with van der Waals surface area (Å²) in [6.07, 6.45) is 2.11. The summed E-state index contributed by atoms with van der Waals surface area (Å²) in [5, 5.41) is 8.63. The predicted octanol–water partition coefficient (Wildman–Crippen LogP) is 0.311. The van der Waals surface area contributed by atoms with E-state index in [1.165, 1.54) is 0 Å². The Morgan fingerprint density at radius 3 is 2.73 bits per heavy atom. The Kier molecular flexibility index (Phi) is 5.05. The average molecular weight is 214 g/mol. The van der Waals surface area contributed by atoms with Crippen molar-refractivity contribution in [2.75, 3.05) is 33.3 Å². The molecule has 1 atom stereocenters.